The smallest absolute Gasteiger partial charge is 0.241 e. The van der Waals surface area contributed by atoms with E-state index in [1.807, 2.05) is 36.4 Å². The summed E-state index contributed by atoms with van der Waals surface area (Å²) in [4.78, 5) is 13.2. The van der Waals surface area contributed by atoms with E-state index in [-0.39, 0.29) is 11.8 Å². The molecular weight excluding hydrogens is 244 g/mol. The number of carbonyl (C=O) groups excluding carboxylic acids is 1. The summed E-state index contributed by atoms with van der Waals surface area (Å²) >= 11 is 1.45. The minimum Gasteiger partial charge on any atom is -0.280 e. The topological polar surface area (TPSA) is 44.1 Å². The van der Waals surface area contributed by atoms with Crippen molar-refractivity contribution >= 4 is 17.7 Å². The number of fused-ring (bicyclic) bond motifs is 1. The Kier molecular flexibility index (Phi) is 2.69. The van der Waals surface area contributed by atoms with Crippen LogP contribution in [0.5, 0.6) is 0 Å². The van der Waals surface area contributed by atoms with Gasteiger partial charge in [0.05, 0.1) is 22.4 Å². The minimum absolute atomic E-state index is 0.0409. The third-order valence-electron chi connectivity index (χ3n) is 3.07. The second kappa shape index (κ2) is 4.35. The highest BCUT2D eigenvalue weighted by Crippen LogP contribution is 2.41. The van der Waals surface area contributed by atoms with Gasteiger partial charge in [-0.05, 0) is 5.56 Å². The van der Waals surface area contributed by atoms with Gasteiger partial charge in [-0.2, -0.15) is 5.26 Å². The molecule has 1 unspecified atom stereocenters. The highest BCUT2D eigenvalue weighted by atomic mass is 32.2. The number of allylic oxidation sites excluding steroid dienone is 2. The Balaban J connectivity index is 2.07. The van der Waals surface area contributed by atoms with Crippen LogP contribution in [-0.2, 0) is 4.79 Å². The van der Waals surface area contributed by atoms with Crippen LogP contribution in [0.3, 0.4) is 0 Å². The van der Waals surface area contributed by atoms with Gasteiger partial charge in [-0.1, -0.05) is 48.2 Å². The van der Waals surface area contributed by atoms with Crippen molar-refractivity contribution < 1.29 is 4.79 Å². The standard InChI is InChI=1S/C14H10N2OS/c15-8-12-11(10-4-2-1-3-5-10)6-7-16-13(17)9-18-14(12)16/h1-7,11H,9H2. The third kappa shape index (κ3) is 1.64. The predicted molar refractivity (Wildman–Crippen MR) is 70.3 cm³/mol. The molecule has 0 saturated carbocycles. The fourth-order valence-electron chi connectivity index (χ4n) is 2.20. The minimum atomic E-state index is -0.0409. The van der Waals surface area contributed by atoms with E-state index in [2.05, 4.69) is 6.07 Å². The van der Waals surface area contributed by atoms with Crippen LogP contribution in [0.25, 0.3) is 0 Å². The molecule has 0 N–H and O–H groups in total. The first-order valence-electron chi connectivity index (χ1n) is 5.63. The monoisotopic (exact) mass is 254 g/mol. The molecule has 0 aromatic heterocycles. The van der Waals surface area contributed by atoms with Gasteiger partial charge in [0.1, 0.15) is 0 Å². The summed E-state index contributed by atoms with van der Waals surface area (Å²) < 4.78 is 0. The van der Waals surface area contributed by atoms with Crippen LogP contribution in [0.15, 0.2) is 53.2 Å². The lowest BCUT2D eigenvalue weighted by molar-refractivity contribution is -0.123. The number of hydrogen-bond donors (Lipinski definition) is 0. The van der Waals surface area contributed by atoms with Crippen molar-refractivity contribution in [1.29, 1.82) is 5.26 Å². The van der Waals surface area contributed by atoms with E-state index in [4.69, 9.17) is 0 Å². The van der Waals surface area contributed by atoms with E-state index in [0.29, 0.717) is 11.3 Å². The molecule has 1 amide bonds. The highest BCUT2D eigenvalue weighted by molar-refractivity contribution is 8.04. The first kappa shape index (κ1) is 11.1. The molecule has 1 atom stereocenters. The van der Waals surface area contributed by atoms with Gasteiger partial charge in [-0.25, -0.2) is 0 Å². The van der Waals surface area contributed by atoms with Gasteiger partial charge in [0.15, 0.2) is 0 Å². The predicted octanol–water partition coefficient (Wildman–Crippen LogP) is 2.61. The largest absolute Gasteiger partial charge is 0.280 e. The van der Waals surface area contributed by atoms with Gasteiger partial charge in [0.2, 0.25) is 5.91 Å². The van der Waals surface area contributed by atoms with Gasteiger partial charge >= 0.3 is 0 Å². The molecule has 0 radical (unpaired) electrons. The molecule has 1 aromatic rings. The zero-order valence-electron chi connectivity index (χ0n) is 9.54. The van der Waals surface area contributed by atoms with Crippen LogP contribution in [-0.4, -0.2) is 16.6 Å². The maximum atomic E-state index is 11.6. The fraction of sp³-hybridized carbons (Fsp3) is 0.143. The van der Waals surface area contributed by atoms with Crippen molar-refractivity contribution in [3.8, 4) is 6.07 Å². The third-order valence-corrected chi connectivity index (χ3v) is 4.15. The average Bonchev–Trinajstić information content (AvgIpc) is 2.80. The molecule has 88 valence electrons. The summed E-state index contributed by atoms with van der Waals surface area (Å²) in [5.74, 6) is 0.429. The van der Waals surface area contributed by atoms with Crippen molar-refractivity contribution in [2.75, 3.05) is 5.75 Å². The van der Waals surface area contributed by atoms with Gasteiger partial charge in [-0.3, -0.25) is 9.69 Å². The van der Waals surface area contributed by atoms with Crippen LogP contribution >= 0.6 is 11.8 Å². The second-order valence-electron chi connectivity index (χ2n) is 4.11. The van der Waals surface area contributed by atoms with Crippen molar-refractivity contribution in [1.82, 2.24) is 4.90 Å². The summed E-state index contributed by atoms with van der Waals surface area (Å²) in [6, 6.07) is 12.1. The normalized spacial score (nSPS) is 22.1. The number of hydrogen-bond acceptors (Lipinski definition) is 3. The maximum Gasteiger partial charge on any atom is 0.241 e. The molecule has 1 aromatic carbocycles. The molecule has 3 rings (SSSR count). The van der Waals surface area contributed by atoms with Crippen LogP contribution in [0.1, 0.15) is 11.5 Å². The quantitative estimate of drug-likeness (QED) is 0.773. The first-order chi connectivity index (χ1) is 8.81. The van der Waals surface area contributed by atoms with E-state index < -0.39 is 0 Å². The number of nitriles is 1. The Morgan fingerprint density at radius 2 is 2.11 bits per heavy atom. The Hall–Kier alpha value is -1.99. The van der Waals surface area contributed by atoms with Crippen LogP contribution < -0.4 is 0 Å². The van der Waals surface area contributed by atoms with Crippen LogP contribution in [0.2, 0.25) is 0 Å². The summed E-state index contributed by atoms with van der Waals surface area (Å²) in [5.41, 5.74) is 1.75. The van der Waals surface area contributed by atoms with Crippen molar-refractivity contribution in [3.63, 3.8) is 0 Å². The molecule has 1 fully saturated rings. The van der Waals surface area contributed by atoms with Gasteiger partial charge in [0.25, 0.3) is 0 Å². The van der Waals surface area contributed by atoms with Crippen LogP contribution in [0, 0.1) is 11.3 Å². The van der Waals surface area contributed by atoms with Crippen molar-refractivity contribution in [3.05, 3.63) is 58.8 Å². The summed E-state index contributed by atoms with van der Waals surface area (Å²) in [7, 11) is 0. The lowest BCUT2D eigenvalue weighted by Crippen LogP contribution is -2.23. The van der Waals surface area contributed by atoms with E-state index in [0.717, 1.165) is 10.6 Å². The molecule has 2 aliphatic rings. The molecule has 3 nitrogen and oxygen atoms in total. The molecule has 0 bridgehead atoms. The molecule has 2 heterocycles. The highest BCUT2D eigenvalue weighted by Gasteiger charge is 2.33. The Morgan fingerprint density at radius 1 is 1.33 bits per heavy atom. The number of thioether (sulfide) groups is 1. The summed E-state index contributed by atoms with van der Waals surface area (Å²) in [6.45, 7) is 0. The summed E-state index contributed by atoms with van der Waals surface area (Å²) in [6.07, 6.45) is 3.71. The number of nitrogens with zero attached hydrogens (tertiary/aromatic N) is 2. The number of benzene rings is 1. The SMILES string of the molecule is N#CC1=C2SCC(=O)N2C=CC1c1ccccc1. The zero-order valence-corrected chi connectivity index (χ0v) is 10.4. The lowest BCUT2D eigenvalue weighted by Gasteiger charge is -2.23. The molecular formula is C14H10N2OS. The molecule has 0 spiro atoms. The Labute approximate surface area is 109 Å². The van der Waals surface area contributed by atoms with Gasteiger partial charge < -0.3 is 0 Å². The van der Waals surface area contributed by atoms with Crippen molar-refractivity contribution in [2.24, 2.45) is 0 Å². The molecule has 0 aliphatic carbocycles. The van der Waals surface area contributed by atoms with E-state index in [1.165, 1.54) is 11.8 Å². The fourth-order valence-corrected chi connectivity index (χ4v) is 3.23. The summed E-state index contributed by atoms with van der Waals surface area (Å²) in [5, 5.41) is 10.2. The van der Waals surface area contributed by atoms with E-state index in [9.17, 15) is 10.1 Å². The second-order valence-corrected chi connectivity index (χ2v) is 5.08. The van der Waals surface area contributed by atoms with E-state index >= 15 is 0 Å². The number of carbonyl (C=O) groups is 1. The zero-order chi connectivity index (χ0) is 12.5. The van der Waals surface area contributed by atoms with Crippen LogP contribution in [0.4, 0.5) is 0 Å². The first-order valence-corrected chi connectivity index (χ1v) is 6.62. The lowest BCUT2D eigenvalue weighted by atomic mass is 9.90. The van der Waals surface area contributed by atoms with Gasteiger partial charge in [0, 0.05) is 12.1 Å². The maximum absolute atomic E-state index is 11.6. The van der Waals surface area contributed by atoms with Crippen molar-refractivity contribution in [2.45, 2.75) is 5.92 Å². The molecule has 1 saturated heterocycles. The Bertz CT molecular complexity index is 598. The molecule has 4 heteroatoms. The van der Waals surface area contributed by atoms with Gasteiger partial charge in [-0.15, -0.1) is 0 Å². The molecule has 2 aliphatic heterocycles. The average molecular weight is 254 g/mol. The van der Waals surface area contributed by atoms with E-state index in [1.54, 1.807) is 11.1 Å². The number of amides is 1. The number of rotatable bonds is 1. The Morgan fingerprint density at radius 3 is 2.83 bits per heavy atom. The molecule has 18 heavy (non-hydrogen) atoms.